The van der Waals surface area contributed by atoms with E-state index in [0.717, 1.165) is 11.3 Å². The lowest BCUT2D eigenvalue weighted by Crippen LogP contribution is -2.13. The lowest BCUT2D eigenvalue weighted by atomic mass is 10.1. The van der Waals surface area contributed by atoms with Gasteiger partial charge in [0.25, 0.3) is 0 Å². The average Bonchev–Trinajstić information content (AvgIpc) is 3.00. The summed E-state index contributed by atoms with van der Waals surface area (Å²) in [5.74, 6) is 1.23. The van der Waals surface area contributed by atoms with E-state index < -0.39 is 0 Å². The summed E-state index contributed by atoms with van der Waals surface area (Å²) < 4.78 is 10.5. The van der Waals surface area contributed by atoms with Gasteiger partial charge in [-0.3, -0.25) is 4.79 Å². The van der Waals surface area contributed by atoms with Crippen molar-refractivity contribution in [3.05, 3.63) is 23.6 Å². The summed E-state index contributed by atoms with van der Waals surface area (Å²) in [5.41, 5.74) is 7.06. The normalized spacial score (nSPS) is 10.3. The van der Waals surface area contributed by atoms with Gasteiger partial charge in [0.2, 0.25) is 5.91 Å². The minimum Gasteiger partial charge on any atom is -0.493 e. The maximum atomic E-state index is 11.7. The highest BCUT2D eigenvalue weighted by Gasteiger charge is 2.10. The van der Waals surface area contributed by atoms with Gasteiger partial charge in [0.1, 0.15) is 0 Å². The Labute approximate surface area is 133 Å². The van der Waals surface area contributed by atoms with Crippen molar-refractivity contribution in [2.45, 2.75) is 12.8 Å². The third-order valence-electron chi connectivity index (χ3n) is 3.04. The molecule has 0 atom stereocenters. The average molecular weight is 321 g/mol. The van der Waals surface area contributed by atoms with Crippen LogP contribution in [0.15, 0.2) is 23.6 Å². The zero-order chi connectivity index (χ0) is 15.9. The number of hydrogen-bond acceptors (Lipinski definition) is 6. The van der Waals surface area contributed by atoms with Crippen LogP contribution < -0.4 is 20.5 Å². The number of thiazole rings is 1. The Balaban J connectivity index is 2.12. The number of methoxy groups -OCH3 is 2. The molecule has 0 aliphatic carbocycles. The zero-order valence-electron chi connectivity index (χ0n) is 12.6. The first-order chi connectivity index (χ1) is 10.7. The largest absolute Gasteiger partial charge is 0.493 e. The number of anilines is 1. The maximum absolute atomic E-state index is 11.7. The van der Waals surface area contributed by atoms with Crippen molar-refractivity contribution in [1.29, 1.82) is 0 Å². The Morgan fingerprint density at radius 3 is 2.77 bits per heavy atom. The van der Waals surface area contributed by atoms with Crippen molar-refractivity contribution < 1.29 is 14.3 Å². The molecule has 0 bridgehead atoms. The van der Waals surface area contributed by atoms with Crippen LogP contribution in [-0.4, -0.2) is 31.7 Å². The van der Waals surface area contributed by atoms with E-state index in [4.69, 9.17) is 15.2 Å². The molecule has 118 valence electrons. The lowest BCUT2D eigenvalue weighted by molar-refractivity contribution is -0.116. The summed E-state index contributed by atoms with van der Waals surface area (Å²) >= 11 is 1.38. The number of carbonyl (C=O) groups excluding carboxylic acids is 1. The predicted octanol–water partition coefficient (Wildman–Crippen LogP) is 2.50. The number of nitrogens with zero attached hydrogens (tertiary/aromatic N) is 1. The molecule has 0 aliphatic heterocycles. The van der Waals surface area contributed by atoms with Crippen molar-refractivity contribution in [3.63, 3.8) is 0 Å². The summed E-state index contributed by atoms with van der Waals surface area (Å²) in [6.45, 7) is 0.502. The topological polar surface area (TPSA) is 86.5 Å². The first-order valence-corrected chi connectivity index (χ1v) is 7.73. The van der Waals surface area contributed by atoms with Crippen molar-refractivity contribution in [3.8, 4) is 22.8 Å². The van der Waals surface area contributed by atoms with E-state index >= 15 is 0 Å². The number of aromatic nitrogens is 1. The molecule has 2 aromatic rings. The number of amides is 1. The van der Waals surface area contributed by atoms with Gasteiger partial charge in [-0.2, -0.15) is 0 Å². The van der Waals surface area contributed by atoms with Gasteiger partial charge >= 0.3 is 0 Å². The van der Waals surface area contributed by atoms with Crippen molar-refractivity contribution in [1.82, 2.24) is 4.98 Å². The fourth-order valence-corrected chi connectivity index (χ4v) is 2.64. The highest BCUT2D eigenvalue weighted by atomic mass is 32.1. The Hall–Kier alpha value is -2.12. The van der Waals surface area contributed by atoms with Crippen LogP contribution in [-0.2, 0) is 4.79 Å². The Kier molecular flexibility index (Phi) is 5.74. The standard InChI is InChI=1S/C15H19N3O3S/c1-20-12-6-5-10(8-13(12)21-2)11-9-22-15(17-11)18-14(19)4-3-7-16/h5-6,8-9H,3-4,7,16H2,1-2H3,(H,17,18,19). The number of ether oxygens (including phenoxy) is 2. The molecule has 0 aliphatic rings. The molecule has 1 amide bonds. The molecule has 0 saturated carbocycles. The molecule has 2 rings (SSSR count). The number of rotatable bonds is 7. The summed E-state index contributed by atoms with van der Waals surface area (Å²) in [7, 11) is 3.18. The van der Waals surface area contributed by atoms with E-state index in [1.807, 2.05) is 23.6 Å². The van der Waals surface area contributed by atoms with Crippen LogP contribution in [0.2, 0.25) is 0 Å². The van der Waals surface area contributed by atoms with E-state index in [-0.39, 0.29) is 5.91 Å². The first kappa shape index (κ1) is 16.3. The second-order valence-electron chi connectivity index (χ2n) is 4.55. The number of benzene rings is 1. The number of carbonyl (C=O) groups is 1. The molecular weight excluding hydrogens is 302 g/mol. The minimum absolute atomic E-state index is 0.0707. The molecule has 7 heteroatoms. The van der Waals surface area contributed by atoms with Gasteiger partial charge in [-0.15, -0.1) is 11.3 Å². The minimum atomic E-state index is -0.0707. The Morgan fingerprint density at radius 2 is 2.09 bits per heavy atom. The molecule has 6 nitrogen and oxygen atoms in total. The molecule has 0 saturated heterocycles. The number of hydrogen-bond donors (Lipinski definition) is 2. The second-order valence-corrected chi connectivity index (χ2v) is 5.41. The van der Waals surface area contributed by atoms with Crippen LogP contribution in [0.5, 0.6) is 11.5 Å². The summed E-state index contributed by atoms with van der Waals surface area (Å²) in [4.78, 5) is 16.1. The quantitative estimate of drug-likeness (QED) is 0.818. The van der Waals surface area contributed by atoms with E-state index in [9.17, 15) is 4.79 Å². The van der Waals surface area contributed by atoms with Gasteiger partial charge in [-0.1, -0.05) is 0 Å². The summed E-state index contributed by atoms with van der Waals surface area (Å²) in [6.07, 6.45) is 1.07. The highest BCUT2D eigenvalue weighted by Crippen LogP contribution is 2.33. The lowest BCUT2D eigenvalue weighted by Gasteiger charge is -2.08. The number of nitrogens with two attached hydrogens (primary N) is 1. The smallest absolute Gasteiger partial charge is 0.226 e. The molecule has 22 heavy (non-hydrogen) atoms. The Morgan fingerprint density at radius 1 is 1.32 bits per heavy atom. The van der Waals surface area contributed by atoms with Gasteiger partial charge in [0.05, 0.1) is 19.9 Å². The van der Waals surface area contributed by atoms with Crippen LogP contribution >= 0.6 is 11.3 Å². The maximum Gasteiger partial charge on any atom is 0.226 e. The zero-order valence-corrected chi connectivity index (χ0v) is 13.4. The first-order valence-electron chi connectivity index (χ1n) is 6.85. The molecule has 0 radical (unpaired) electrons. The van der Waals surface area contributed by atoms with Gasteiger partial charge in [0.15, 0.2) is 16.6 Å². The van der Waals surface area contributed by atoms with Crippen LogP contribution in [0, 0.1) is 0 Å². The Bertz CT molecular complexity index is 643. The summed E-state index contributed by atoms with van der Waals surface area (Å²) in [6, 6.07) is 5.58. The van der Waals surface area contributed by atoms with Crippen LogP contribution in [0.3, 0.4) is 0 Å². The fraction of sp³-hybridized carbons (Fsp3) is 0.333. The van der Waals surface area contributed by atoms with Gasteiger partial charge in [-0.25, -0.2) is 4.98 Å². The van der Waals surface area contributed by atoms with Crippen molar-refractivity contribution in [2.75, 3.05) is 26.1 Å². The van der Waals surface area contributed by atoms with E-state index in [0.29, 0.717) is 36.0 Å². The molecule has 0 fully saturated rings. The van der Waals surface area contributed by atoms with Crippen LogP contribution in [0.25, 0.3) is 11.3 Å². The SMILES string of the molecule is COc1ccc(-c2csc(NC(=O)CCCN)n2)cc1OC. The van der Waals surface area contributed by atoms with E-state index in [1.165, 1.54) is 11.3 Å². The van der Waals surface area contributed by atoms with Crippen LogP contribution in [0.4, 0.5) is 5.13 Å². The predicted molar refractivity (Wildman–Crippen MR) is 87.6 cm³/mol. The van der Waals surface area contributed by atoms with Gasteiger partial charge < -0.3 is 20.5 Å². The highest BCUT2D eigenvalue weighted by molar-refractivity contribution is 7.14. The third kappa shape index (κ3) is 3.96. The van der Waals surface area contributed by atoms with E-state index in [1.54, 1.807) is 14.2 Å². The molecular formula is C15H19N3O3S. The molecule has 1 aromatic carbocycles. The monoisotopic (exact) mass is 321 g/mol. The van der Waals surface area contributed by atoms with Crippen molar-refractivity contribution in [2.24, 2.45) is 5.73 Å². The van der Waals surface area contributed by atoms with Gasteiger partial charge in [-0.05, 0) is 31.2 Å². The van der Waals surface area contributed by atoms with Crippen LogP contribution in [0.1, 0.15) is 12.8 Å². The third-order valence-corrected chi connectivity index (χ3v) is 3.80. The fourth-order valence-electron chi connectivity index (χ4n) is 1.90. The molecule has 0 spiro atoms. The summed E-state index contributed by atoms with van der Waals surface area (Å²) in [5, 5.41) is 5.24. The second kappa shape index (κ2) is 7.77. The van der Waals surface area contributed by atoms with E-state index in [2.05, 4.69) is 10.3 Å². The molecule has 3 N–H and O–H groups in total. The van der Waals surface area contributed by atoms with Gasteiger partial charge in [0, 0.05) is 17.4 Å². The van der Waals surface area contributed by atoms with Crippen molar-refractivity contribution >= 4 is 22.4 Å². The molecule has 1 heterocycles. The molecule has 1 aromatic heterocycles. The molecule has 0 unspecified atom stereocenters. The number of nitrogens with one attached hydrogen (secondary N) is 1.